The molecule has 0 bridgehead atoms. The number of hydrogen-bond donors (Lipinski definition) is 0. The van der Waals surface area contributed by atoms with E-state index in [9.17, 15) is 0 Å². The van der Waals surface area contributed by atoms with Crippen LogP contribution in [0.4, 0.5) is 0 Å². The lowest BCUT2D eigenvalue weighted by Crippen LogP contribution is -2.07. The lowest BCUT2D eigenvalue weighted by atomic mass is 9.81. The summed E-state index contributed by atoms with van der Waals surface area (Å²) >= 11 is 0. The lowest BCUT2D eigenvalue weighted by Gasteiger charge is -2.24. The Labute approximate surface area is 206 Å². The second-order valence-corrected chi connectivity index (χ2v) is 9.66. The Hall–Kier alpha value is -3.91. The van der Waals surface area contributed by atoms with E-state index in [1.807, 2.05) is 43.6 Å². The zero-order chi connectivity index (χ0) is 23.8. The number of benzene rings is 4. The number of furan rings is 1. The van der Waals surface area contributed by atoms with Crippen LogP contribution in [0.1, 0.15) is 42.6 Å². The molecule has 1 aliphatic rings. The van der Waals surface area contributed by atoms with Gasteiger partial charge in [-0.15, -0.1) is 0 Å². The summed E-state index contributed by atoms with van der Waals surface area (Å²) in [5.41, 5.74) is 4.27. The summed E-state index contributed by atoms with van der Waals surface area (Å²) in [6.07, 6.45) is 7.52. The first-order chi connectivity index (χ1) is 17.2. The van der Waals surface area contributed by atoms with Crippen molar-refractivity contribution in [3.8, 4) is 11.3 Å². The molecule has 7 rings (SSSR count). The summed E-state index contributed by atoms with van der Waals surface area (Å²) in [5, 5.41) is 7.89. The van der Waals surface area contributed by atoms with Crippen molar-refractivity contribution in [2.75, 3.05) is 0 Å². The predicted octanol–water partition coefficient (Wildman–Crippen LogP) is 9.24. The molecule has 0 saturated heterocycles. The minimum absolute atomic E-state index is 0.688. The molecule has 1 aliphatic carbocycles. The molecule has 2 heterocycles. The van der Waals surface area contributed by atoms with Crippen LogP contribution in [0.5, 0.6) is 0 Å². The van der Waals surface area contributed by atoms with Crippen molar-refractivity contribution in [1.82, 2.24) is 4.98 Å². The third kappa shape index (κ3) is 4.10. The SMILES string of the molecule is Cc1ccc(-c2ccc3c(ccc4c5c(ccc43)C(C)CCC5)c2)o1.c1ccc2cnccc2c1. The van der Waals surface area contributed by atoms with E-state index in [1.165, 1.54) is 51.6 Å². The van der Waals surface area contributed by atoms with E-state index in [2.05, 4.69) is 72.6 Å². The Balaban J connectivity index is 0.000000191. The first kappa shape index (κ1) is 21.6. The van der Waals surface area contributed by atoms with E-state index in [0.29, 0.717) is 5.92 Å². The summed E-state index contributed by atoms with van der Waals surface area (Å²) in [6.45, 7) is 4.35. The van der Waals surface area contributed by atoms with E-state index in [4.69, 9.17) is 4.42 Å². The van der Waals surface area contributed by atoms with Crippen molar-refractivity contribution < 1.29 is 4.42 Å². The van der Waals surface area contributed by atoms with Crippen molar-refractivity contribution >= 4 is 32.3 Å². The second kappa shape index (κ2) is 9.03. The molecule has 1 atom stereocenters. The smallest absolute Gasteiger partial charge is 0.134 e. The van der Waals surface area contributed by atoms with Gasteiger partial charge in [-0.1, -0.05) is 67.6 Å². The molecule has 0 amide bonds. The molecule has 1 unspecified atom stereocenters. The number of rotatable bonds is 1. The maximum atomic E-state index is 5.79. The molecule has 6 aromatic rings. The normalized spacial score (nSPS) is 15.1. The molecule has 0 aliphatic heterocycles. The van der Waals surface area contributed by atoms with E-state index in [-0.39, 0.29) is 0 Å². The molecule has 35 heavy (non-hydrogen) atoms. The van der Waals surface area contributed by atoms with Gasteiger partial charge in [0, 0.05) is 18.0 Å². The summed E-state index contributed by atoms with van der Waals surface area (Å²) in [7, 11) is 0. The fourth-order valence-electron chi connectivity index (χ4n) is 5.48. The molecule has 0 saturated carbocycles. The Morgan fingerprint density at radius 2 is 1.60 bits per heavy atom. The van der Waals surface area contributed by atoms with E-state index < -0.39 is 0 Å². The maximum Gasteiger partial charge on any atom is 0.134 e. The summed E-state index contributed by atoms with van der Waals surface area (Å²) < 4.78 is 5.79. The number of fused-ring (bicyclic) bond motifs is 6. The highest BCUT2D eigenvalue weighted by molar-refractivity contribution is 6.09. The van der Waals surface area contributed by atoms with Gasteiger partial charge in [-0.25, -0.2) is 0 Å². The van der Waals surface area contributed by atoms with Crippen molar-refractivity contribution in [2.24, 2.45) is 0 Å². The lowest BCUT2D eigenvalue weighted by molar-refractivity contribution is 0.548. The van der Waals surface area contributed by atoms with Crippen LogP contribution >= 0.6 is 0 Å². The monoisotopic (exact) mass is 455 g/mol. The molecule has 2 aromatic heterocycles. The minimum Gasteiger partial charge on any atom is -0.461 e. The first-order valence-corrected chi connectivity index (χ1v) is 12.5. The first-order valence-electron chi connectivity index (χ1n) is 12.5. The van der Waals surface area contributed by atoms with E-state index >= 15 is 0 Å². The van der Waals surface area contributed by atoms with Crippen LogP contribution < -0.4 is 0 Å². The number of aromatic nitrogens is 1. The molecule has 0 radical (unpaired) electrons. The molecule has 0 fully saturated rings. The third-order valence-corrected chi connectivity index (χ3v) is 7.33. The Morgan fingerprint density at radius 1 is 0.771 bits per heavy atom. The van der Waals surface area contributed by atoms with Crippen LogP contribution in [0, 0.1) is 6.92 Å². The van der Waals surface area contributed by atoms with Crippen LogP contribution in [-0.4, -0.2) is 4.98 Å². The van der Waals surface area contributed by atoms with E-state index in [0.717, 1.165) is 17.1 Å². The van der Waals surface area contributed by atoms with Gasteiger partial charge in [0.15, 0.2) is 0 Å². The van der Waals surface area contributed by atoms with Crippen LogP contribution in [0.2, 0.25) is 0 Å². The van der Waals surface area contributed by atoms with Gasteiger partial charge in [0.05, 0.1) is 0 Å². The average molecular weight is 456 g/mol. The topological polar surface area (TPSA) is 26.0 Å². The number of aryl methyl sites for hydroxylation is 2. The Kier molecular flexibility index (Phi) is 5.58. The Morgan fingerprint density at radius 3 is 2.43 bits per heavy atom. The Bertz CT molecular complexity index is 1590. The predicted molar refractivity (Wildman–Crippen MR) is 147 cm³/mol. The van der Waals surface area contributed by atoms with Crippen LogP contribution in [0.15, 0.2) is 102 Å². The van der Waals surface area contributed by atoms with Crippen molar-refractivity contribution in [3.63, 3.8) is 0 Å². The second-order valence-electron chi connectivity index (χ2n) is 9.66. The van der Waals surface area contributed by atoms with Crippen molar-refractivity contribution in [2.45, 2.75) is 39.0 Å². The molecule has 4 aromatic carbocycles. The van der Waals surface area contributed by atoms with Gasteiger partial charge in [0.25, 0.3) is 0 Å². The minimum atomic E-state index is 0.688. The van der Waals surface area contributed by atoms with E-state index in [1.54, 1.807) is 11.1 Å². The van der Waals surface area contributed by atoms with Crippen LogP contribution in [0.3, 0.4) is 0 Å². The molecular weight excluding hydrogens is 426 g/mol. The third-order valence-electron chi connectivity index (χ3n) is 7.33. The largest absolute Gasteiger partial charge is 0.461 e. The van der Waals surface area contributed by atoms with Gasteiger partial charge in [0.2, 0.25) is 0 Å². The number of nitrogens with zero attached hydrogens (tertiary/aromatic N) is 1. The molecule has 172 valence electrons. The average Bonchev–Trinajstić information content (AvgIpc) is 3.35. The highest BCUT2D eigenvalue weighted by Gasteiger charge is 2.19. The zero-order valence-corrected chi connectivity index (χ0v) is 20.3. The molecule has 2 heteroatoms. The van der Waals surface area contributed by atoms with Gasteiger partial charge in [0.1, 0.15) is 11.5 Å². The summed E-state index contributed by atoms with van der Waals surface area (Å²) in [4.78, 5) is 4.01. The molecular formula is C33H29NO. The maximum absolute atomic E-state index is 5.79. The molecule has 2 nitrogen and oxygen atoms in total. The van der Waals surface area contributed by atoms with Crippen LogP contribution in [0.25, 0.3) is 43.6 Å². The van der Waals surface area contributed by atoms with Gasteiger partial charge in [-0.05, 0) is 99.8 Å². The highest BCUT2D eigenvalue weighted by atomic mass is 16.3. The number of pyridine rings is 1. The quantitative estimate of drug-likeness (QED) is 0.231. The van der Waals surface area contributed by atoms with Gasteiger partial charge >= 0.3 is 0 Å². The fraction of sp³-hybridized carbons (Fsp3) is 0.182. The fourth-order valence-corrected chi connectivity index (χ4v) is 5.48. The van der Waals surface area contributed by atoms with Crippen LogP contribution in [-0.2, 0) is 6.42 Å². The number of hydrogen-bond acceptors (Lipinski definition) is 2. The highest BCUT2D eigenvalue weighted by Crippen LogP contribution is 2.38. The van der Waals surface area contributed by atoms with Gasteiger partial charge in [-0.2, -0.15) is 0 Å². The summed E-state index contributed by atoms with van der Waals surface area (Å²) in [5.74, 6) is 2.58. The molecule has 0 spiro atoms. The summed E-state index contributed by atoms with van der Waals surface area (Å²) in [6, 6.07) is 30.2. The van der Waals surface area contributed by atoms with Crippen molar-refractivity contribution in [1.29, 1.82) is 0 Å². The van der Waals surface area contributed by atoms with Crippen molar-refractivity contribution in [3.05, 3.63) is 114 Å². The van der Waals surface area contributed by atoms with Gasteiger partial charge < -0.3 is 4.42 Å². The molecule has 0 N–H and O–H groups in total. The van der Waals surface area contributed by atoms with Gasteiger partial charge in [-0.3, -0.25) is 4.98 Å². The standard InChI is InChI=1S/C24H22O.C9H7N/c1-15-4-3-5-21-19(15)11-12-22-20-9-8-18(24-13-6-16(2)25-24)14-17(20)7-10-23(21)22;1-2-4-9-7-10-6-5-8(9)3-1/h6-15H,3-5H2,1-2H3;1-7H. The zero-order valence-electron chi connectivity index (χ0n) is 20.3.